The molecule has 0 fully saturated rings. The molecule has 0 amide bonds. The molecule has 0 bridgehead atoms. The summed E-state index contributed by atoms with van der Waals surface area (Å²) in [5, 5.41) is 9.19. The van der Waals surface area contributed by atoms with Crippen molar-refractivity contribution in [2.45, 2.75) is 32.2 Å². The molecule has 0 aliphatic heterocycles. The zero-order valence-corrected chi connectivity index (χ0v) is 8.80. The van der Waals surface area contributed by atoms with E-state index in [1.54, 1.807) is 6.07 Å². The van der Waals surface area contributed by atoms with Crippen LogP contribution in [0.3, 0.4) is 0 Å². The van der Waals surface area contributed by atoms with Crippen molar-refractivity contribution in [1.82, 2.24) is 0 Å². The minimum Gasteiger partial charge on any atom is -0.507 e. The third-order valence-electron chi connectivity index (χ3n) is 1.99. The van der Waals surface area contributed by atoms with Gasteiger partial charge in [0, 0.05) is 5.54 Å². The highest BCUT2D eigenvalue weighted by molar-refractivity contribution is 5.37. The molecule has 15 heavy (non-hydrogen) atoms. The van der Waals surface area contributed by atoms with Crippen LogP contribution in [0.5, 0.6) is 5.75 Å². The van der Waals surface area contributed by atoms with E-state index in [1.165, 1.54) is 12.1 Å². The lowest BCUT2D eigenvalue weighted by Gasteiger charge is -2.19. The fourth-order valence-corrected chi connectivity index (χ4v) is 1.41. The molecule has 2 nitrogen and oxygen atoms in total. The zero-order chi connectivity index (χ0) is 11.6. The summed E-state index contributed by atoms with van der Waals surface area (Å²) in [6.07, 6.45) is -2.17. The summed E-state index contributed by atoms with van der Waals surface area (Å²) in [5.41, 5.74) is 5.70. The van der Waals surface area contributed by atoms with Gasteiger partial charge in [0.2, 0.25) is 0 Å². The van der Waals surface area contributed by atoms with E-state index in [2.05, 4.69) is 0 Å². The van der Waals surface area contributed by atoms with Crippen LogP contribution in [0.25, 0.3) is 0 Å². The molecule has 0 unspecified atom stereocenters. The first-order chi connectivity index (χ1) is 6.79. The predicted octanol–water partition coefficient (Wildman–Crippen LogP) is 2.61. The Hall–Kier alpha value is -1.16. The third-order valence-corrected chi connectivity index (χ3v) is 1.99. The molecule has 4 heteroatoms. The number of aromatic hydroxyl groups is 1. The average Bonchev–Trinajstić information content (AvgIpc) is 2.05. The number of nitrogens with two attached hydrogens (primary N) is 1. The maximum Gasteiger partial charge on any atom is 0.267 e. The van der Waals surface area contributed by atoms with Gasteiger partial charge in [0.25, 0.3) is 6.43 Å². The molecular formula is C11H15F2NO. The lowest BCUT2D eigenvalue weighted by molar-refractivity contribution is 0.147. The Balaban J connectivity index is 2.98. The van der Waals surface area contributed by atoms with Crippen molar-refractivity contribution < 1.29 is 13.9 Å². The topological polar surface area (TPSA) is 46.2 Å². The number of benzene rings is 1. The summed E-state index contributed by atoms with van der Waals surface area (Å²) in [6, 6.07) is 4.19. The van der Waals surface area contributed by atoms with Crippen LogP contribution in [-0.4, -0.2) is 10.6 Å². The molecule has 0 spiro atoms. The van der Waals surface area contributed by atoms with Gasteiger partial charge in [-0.1, -0.05) is 6.07 Å². The molecule has 1 aromatic rings. The van der Waals surface area contributed by atoms with E-state index in [1.807, 2.05) is 13.8 Å². The van der Waals surface area contributed by atoms with Crippen LogP contribution < -0.4 is 5.73 Å². The zero-order valence-electron chi connectivity index (χ0n) is 8.80. The van der Waals surface area contributed by atoms with E-state index in [4.69, 9.17) is 5.73 Å². The second-order valence-electron chi connectivity index (χ2n) is 4.36. The molecule has 0 aliphatic rings. The van der Waals surface area contributed by atoms with Crippen LogP contribution in [0.2, 0.25) is 0 Å². The minimum absolute atomic E-state index is 0.336. The Morgan fingerprint density at radius 3 is 2.47 bits per heavy atom. The minimum atomic E-state index is -2.66. The molecule has 0 saturated carbocycles. The van der Waals surface area contributed by atoms with Crippen molar-refractivity contribution in [2.75, 3.05) is 0 Å². The molecule has 3 N–H and O–H groups in total. The monoisotopic (exact) mass is 215 g/mol. The van der Waals surface area contributed by atoms with Gasteiger partial charge in [-0.25, -0.2) is 8.78 Å². The summed E-state index contributed by atoms with van der Waals surface area (Å²) in [6.45, 7) is 3.64. The normalized spacial score (nSPS) is 12.1. The Labute approximate surface area is 87.7 Å². The van der Waals surface area contributed by atoms with Crippen LogP contribution in [0.4, 0.5) is 8.78 Å². The molecule has 0 saturated heterocycles. The van der Waals surface area contributed by atoms with Crippen molar-refractivity contribution in [3.8, 4) is 5.75 Å². The number of hydrogen-bond acceptors (Lipinski definition) is 2. The van der Waals surface area contributed by atoms with E-state index in [0.29, 0.717) is 12.0 Å². The van der Waals surface area contributed by atoms with Gasteiger partial charge in [0.1, 0.15) is 5.75 Å². The van der Waals surface area contributed by atoms with Gasteiger partial charge in [-0.2, -0.15) is 0 Å². The molecule has 0 heterocycles. The number of rotatable bonds is 3. The first-order valence-corrected chi connectivity index (χ1v) is 4.68. The van der Waals surface area contributed by atoms with Crippen molar-refractivity contribution in [2.24, 2.45) is 5.73 Å². The standard InChI is InChI=1S/C11H15F2NO/c1-11(2,14)6-7-3-4-9(15)8(5-7)10(12)13/h3-5,10,15H,6,14H2,1-2H3. The summed E-state index contributed by atoms with van der Waals surface area (Å²) in [5.74, 6) is -0.372. The fourth-order valence-electron chi connectivity index (χ4n) is 1.41. The van der Waals surface area contributed by atoms with E-state index in [9.17, 15) is 13.9 Å². The highest BCUT2D eigenvalue weighted by Gasteiger charge is 2.16. The number of phenolic OH excluding ortho intramolecular Hbond substituents is 1. The number of halogens is 2. The van der Waals surface area contributed by atoms with Crippen LogP contribution in [0.15, 0.2) is 18.2 Å². The summed E-state index contributed by atoms with van der Waals surface area (Å²) in [4.78, 5) is 0. The quantitative estimate of drug-likeness (QED) is 0.814. The Morgan fingerprint density at radius 1 is 1.40 bits per heavy atom. The number of alkyl halides is 2. The molecule has 84 valence electrons. The molecule has 0 aromatic heterocycles. The van der Waals surface area contributed by atoms with Crippen molar-refractivity contribution in [3.63, 3.8) is 0 Å². The molecule has 0 aliphatic carbocycles. The second kappa shape index (κ2) is 4.14. The highest BCUT2D eigenvalue weighted by atomic mass is 19.3. The lowest BCUT2D eigenvalue weighted by atomic mass is 9.95. The fraction of sp³-hybridized carbons (Fsp3) is 0.455. The van der Waals surface area contributed by atoms with E-state index < -0.39 is 12.0 Å². The van der Waals surface area contributed by atoms with E-state index in [0.717, 1.165) is 0 Å². The predicted molar refractivity (Wildman–Crippen MR) is 55.0 cm³/mol. The van der Waals surface area contributed by atoms with Crippen molar-refractivity contribution >= 4 is 0 Å². The Kier molecular flexibility index (Phi) is 3.29. The highest BCUT2D eigenvalue weighted by Crippen LogP contribution is 2.29. The maximum absolute atomic E-state index is 12.4. The van der Waals surface area contributed by atoms with Gasteiger partial charge < -0.3 is 10.8 Å². The van der Waals surface area contributed by atoms with E-state index >= 15 is 0 Å². The smallest absolute Gasteiger partial charge is 0.267 e. The number of phenols is 1. The first-order valence-electron chi connectivity index (χ1n) is 4.68. The molecule has 1 aromatic carbocycles. The van der Waals surface area contributed by atoms with Crippen molar-refractivity contribution in [3.05, 3.63) is 29.3 Å². The van der Waals surface area contributed by atoms with Gasteiger partial charge in [-0.05, 0) is 38.0 Å². The van der Waals surface area contributed by atoms with Gasteiger partial charge in [0.15, 0.2) is 0 Å². The van der Waals surface area contributed by atoms with Gasteiger partial charge in [0.05, 0.1) is 5.56 Å². The summed E-state index contributed by atoms with van der Waals surface area (Å²) >= 11 is 0. The Morgan fingerprint density at radius 2 is 2.00 bits per heavy atom. The summed E-state index contributed by atoms with van der Waals surface area (Å²) < 4.78 is 24.9. The molecular weight excluding hydrogens is 200 g/mol. The van der Waals surface area contributed by atoms with Crippen LogP contribution in [0, 0.1) is 0 Å². The average molecular weight is 215 g/mol. The molecule has 0 radical (unpaired) electrons. The Bertz CT molecular complexity index is 345. The molecule has 1 rings (SSSR count). The summed E-state index contributed by atoms with van der Waals surface area (Å²) in [7, 11) is 0. The second-order valence-corrected chi connectivity index (χ2v) is 4.36. The first kappa shape index (κ1) is 11.9. The molecule has 0 atom stereocenters. The SMILES string of the molecule is CC(C)(N)Cc1ccc(O)c(C(F)F)c1. The van der Waals surface area contributed by atoms with Crippen molar-refractivity contribution in [1.29, 1.82) is 0 Å². The largest absolute Gasteiger partial charge is 0.507 e. The van der Waals surface area contributed by atoms with Gasteiger partial charge in [-0.3, -0.25) is 0 Å². The van der Waals surface area contributed by atoms with Crippen LogP contribution in [0.1, 0.15) is 31.4 Å². The maximum atomic E-state index is 12.4. The van der Waals surface area contributed by atoms with Crippen LogP contribution in [-0.2, 0) is 6.42 Å². The third kappa shape index (κ3) is 3.47. The number of hydrogen-bond donors (Lipinski definition) is 2. The van der Waals surface area contributed by atoms with Gasteiger partial charge in [-0.15, -0.1) is 0 Å². The van der Waals surface area contributed by atoms with Crippen LogP contribution >= 0.6 is 0 Å². The lowest BCUT2D eigenvalue weighted by Crippen LogP contribution is -2.34. The van der Waals surface area contributed by atoms with E-state index in [-0.39, 0.29) is 11.3 Å². The van der Waals surface area contributed by atoms with Gasteiger partial charge >= 0.3 is 0 Å².